The number of aliphatic hydroxyl groups is 1. The molecule has 164 valence electrons. The normalized spacial score (nSPS) is 13.1. The third-order valence-corrected chi connectivity index (χ3v) is 5.44. The number of nitrogens with one attached hydrogen (secondary N) is 1. The minimum Gasteiger partial charge on any atom is -0.394 e. The second-order valence-corrected chi connectivity index (χ2v) is 8.11. The van der Waals surface area contributed by atoms with Gasteiger partial charge in [-0.05, 0) is 43.7 Å². The summed E-state index contributed by atoms with van der Waals surface area (Å²) < 4.78 is 0. The summed E-state index contributed by atoms with van der Waals surface area (Å²) in [6, 6.07) is 11.5. The zero-order chi connectivity index (χ0) is 22.6. The van der Waals surface area contributed by atoms with E-state index in [4.69, 9.17) is 5.73 Å². The van der Waals surface area contributed by atoms with E-state index in [1.54, 1.807) is 18.6 Å². The molecule has 0 unspecified atom stereocenters. The average Bonchev–Trinajstić information content (AvgIpc) is 2.83. The number of aromatic nitrogens is 5. The molecule has 0 amide bonds. The van der Waals surface area contributed by atoms with Crippen LogP contribution < -0.4 is 11.1 Å². The number of aliphatic hydroxyl groups excluding tert-OH is 1. The van der Waals surface area contributed by atoms with Crippen molar-refractivity contribution < 1.29 is 5.11 Å². The van der Waals surface area contributed by atoms with Gasteiger partial charge < -0.3 is 16.2 Å². The Morgan fingerprint density at radius 3 is 2.50 bits per heavy atom. The van der Waals surface area contributed by atoms with Crippen LogP contribution in [0.4, 0.5) is 11.8 Å². The molecule has 0 bridgehead atoms. The lowest BCUT2D eigenvalue weighted by Crippen LogP contribution is -2.39. The highest BCUT2D eigenvalue weighted by Crippen LogP contribution is 2.29. The van der Waals surface area contributed by atoms with E-state index in [2.05, 4.69) is 37.2 Å². The molecule has 0 radical (unpaired) electrons. The van der Waals surface area contributed by atoms with Crippen molar-refractivity contribution in [1.82, 2.24) is 24.9 Å². The predicted molar refractivity (Wildman–Crippen MR) is 127 cm³/mol. The van der Waals surface area contributed by atoms with Gasteiger partial charge >= 0.3 is 0 Å². The van der Waals surface area contributed by atoms with Gasteiger partial charge in [0.2, 0.25) is 5.95 Å². The minimum absolute atomic E-state index is 0.0157. The Labute approximate surface area is 187 Å². The summed E-state index contributed by atoms with van der Waals surface area (Å²) in [5, 5.41) is 14.1. The first kappa shape index (κ1) is 21.6. The largest absolute Gasteiger partial charge is 0.394 e. The maximum absolute atomic E-state index is 9.95. The quantitative estimate of drug-likeness (QED) is 0.383. The number of anilines is 2. The van der Waals surface area contributed by atoms with Crippen LogP contribution in [0.25, 0.3) is 33.5 Å². The molecule has 4 aromatic heterocycles. The van der Waals surface area contributed by atoms with Crippen molar-refractivity contribution in [2.75, 3.05) is 17.7 Å². The molecule has 0 spiro atoms. The molecule has 32 heavy (non-hydrogen) atoms. The molecule has 8 heteroatoms. The second kappa shape index (κ2) is 9.23. The highest BCUT2D eigenvalue weighted by Gasteiger charge is 2.24. The Kier molecular flexibility index (Phi) is 6.23. The third kappa shape index (κ3) is 4.65. The van der Waals surface area contributed by atoms with Crippen molar-refractivity contribution in [2.45, 2.75) is 38.6 Å². The van der Waals surface area contributed by atoms with Crippen LogP contribution >= 0.6 is 0 Å². The second-order valence-electron chi connectivity index (χ2n) is 8.11. The van der Waals surface area contributed by atoms with Gasteiger partial charge in [0.25, 0.3) is 0 Å². The lowest BCUT2D eigenvalue weighted by Gasteiger charge is -2.29. The minimum atomic E-state index is -0.506. The Hall–Kier alpha value is -3.65. The van der Waals surface area contributed by atoms with Crippen molar-refractivity contribution in [3.63, 3.8) is 0 Å². The molecule has 4 aromatic rings. The number of pyridine rings is 3. The van der Waals surface area contributed by atoms with Crippen molar-refractivity contribution in [3.05, 3.63) is 55.0 Å². The summed E-state index contributed by atoms with van der Waals surface area (Å²) in [5.74, 6) is 0.736. The molecule has 0 saturated carbocycles. The molecule has 1 atom stereocenters. The fourth-order valence-electron chi connectivity index (χ4n) is 3.54. The lowest BCUT2D eigenvalue weighted by molar-refractivity contribution is 0.212. The predicted octanol–water partition coefficient (Wildman–Crippen LogP) is 4.08. The van der Waals surface area contributed by atoms with Gasteiger partial charge in [-0.3, -0.25) is 15.0 Å². The third-order valence-electron chi connectivity index (χ3n) is 5.44. The smallest absolute Gasteiger partial charge is 0.222 e. The highest BCUT2D eigenvalue weighted by molar-refractivity contribution is 5.91. The highest BCUT2D eigenvalue weighted by atomic mass is 16.3. The zero-order valence-electron chi connectivity index (χ0n) is 18.3. The molecule has 4 rings (SSSR count). The van der Waals surface area contributed by atoms with Crippen molar-refractivity contribution in [3.8, 4) is 22.6 Å². The molecule has 0 aliphatic heterocycles. The number of rotatable bonds is 8. The van der Waals surface area contributed by atoms with Gasteiger partial charge in [0.15, 0.2) is 0 Å². The fraction of sp³-hybridized carbons (Fsp3) is 0.292. The van der Waals surface area contributed by atoms with Gasteiger partial charge in [-0.15, -0.1) is 0 Å². The van der Waals surface area contributed by atoms with Crippen molar-refractivity contribution >= 4 is 22.7 Å². The number of nitrogens with two attached hydrogens (primary N) is 1. The van der Waals surface area contributed by atoms with Crippen molar-refractivity contribution in [1.29, 1.82) is 0 Å². The average molecular weight is 430 g/mol. The van der Waals surface area contributed by atoms with Crippen LogP contribution in [0.1, 0.15) is 33.1 Å². The summed E-state index contributed by atoms with van der Waals surface area (Å²) in [7, 11) is 0. The monoisotopic (exact) mass is 429 g/mol. The molecule has 0 fully saturated rings. The van der Waals surface area contributed by atoms with Crippen LogP contribution in [0.15, 0.2) is 55.0 Å². The molecule has 8 nitrogen and oxygen atoms in total. The van der Waals surface area contributed by atoms with E-state index in [1.165, 1.54) is 0 Å². The van der Waals surface area contributed by atoms with Crippen molar-refractivity contribution in [2.24, 2.45) is 0 Å². The number of nitrogens with zero attached hydrogens (tertiary/aromatic N) is 5. The Bertz CT molecular complexity index is 1200. The van der Waals surface area contributed by atoms with Crippen LogP contribution in [0.3, 0.4) is 0 Å². The van der Waals surface area contributed by atoms with E-state index in [0.717, 1.165) is 47.3 Å². The summed E-state index contributed by atoms with van der Waals surface area (Å²) in [6.07, 6.45) is 8.10. The summed E-state index contributed by atoms with van der Waals surface area (Å²) in [5.41, 5.74) is 9.37. The maximum atomic E-state index is 9.95. The summed E-state index contributed by atoms with van der Waals surface area (Å²) in [4.78, 5) is 22.2. The molecule has 4 heterocycles. The molecular formula is C24H27N7O. The SMILES string of the molecule is CCCC[C@](C)(CO)Nc1nc(N)nc2cc(-c3ccc(-c4ccccn4)nc3)ncc12. The maximum Gasteiger partial charge on any atom is 0.222 e. The van der Waals surface area contributed by atoms with E-state index in [9.17, 15) is 5.11 Å². The number of nitrogen functional groups attached to an aromatic ring is 1. The Morgan fingerprint density at radius 2 is 1.81 bits per heavy atom. The van der Waals surface area contributed by atoms with Gasteiger partial charge in [0.1, 0.15) is 5.82 Å². The van der Waals surface area contributed by atoms with E-state index in [1.807, 2.05) is 43.3 Å². The van der Waals surface area contributed by atoms with Gasteiger partial charge in [-0.25, -0.2) is 4.98 Å². The molecule has 4 N–H and O–H groups in total. The van der Waals surface area contributed by atoms with Gasteiger partial charge in [-0.1, -0.05) is 25.8 Å². The number of hydrogen-bond acceptors (Lipinski definition) is 8. The van der Waals surface area contributed by atoms with Crippen LogP contribution in [-0.2, 0) is 0 Å². The van der Waals surface area contributed by atoms with Gasteiger partial charge in [-0.2, -0.15) is 4.98 Å². The molecule has 0 aromatic carbocycles. The molecule has 0 saturated heterocycles. The molecule has 0 aliphatic rings. The first-order valence-electron chi connectivity index (χ1n) is 10.7. The van der Waals surface area contributed by atoms with Crippen LogP contribution in [0.5, 0.6) is 0 Å². The lowest BCUT2D eigenvalue weighted by atomic mass is 9.95. The topological polar surface area (TPSA) is 123 Å². The number of fused-ring (bicyclic) bond motifs is 1. The first-order chi connectivity index (χ1) is 15.5. The molecular weight excluding hydrogens is 402 g/mol. The van der Waals surface area contributed by atoms with E-state index >= 15 is 0 Å². The van der Waals surface area contributed by atoms with Gasteiger partial charge in [0, 0.05) is 24.2 Å². The van der Waals surface area contributed by atoms with Crippen LogP contribution in [0, 0.1) is 0 Å². The molecule has 0 aliphatic carbocycles. The zero-order valence-corrected chi connectivity index (χ0v) is 18.3. The Balaban J connectivity index is 1.66. The number of unbranched alkanes of at least 4 members (excludes halogenated alkanes) is 1. The summed E-state index contributed by atoms with van der Waals surface area (Å²) in [6.45, 7) is 4.08. The first-order valence-corrected chi connectivity index (χ1v) is 10.7. The van der Waals surface area contributed by atoms with Crippen LogP contribution in [0.2, 0.25) is 0 Å². The Morgan fingerprint density at radius 1 is 1.00 bits per heavy atom. The summed E-state index contributed by atoms with van der Waals surface area (Å²) >= 11 is 0. The number of hydrogen-bond donors (Lipinski definition) is 3. The van der Waals surface area contributed by atoms with E-state index in [0.29, 0.717) is 11.3 Å². The fourth-order valence-corrected chi connectivity index (χ4v) is 3.54. The van der Waals surface area contributed by atoms with Crippen LogP contribution in [-0.4, -0.2) is 42.2 Å². The van der Waals surface area contributed by atoms with E-state index in [-0.39, 0.29) is 12.6 Å². The standard InChI is InChI=1S/C24H27N7O/c1-3-4-10-24(2,15-32)31-22-17-14-28-20(12-21(17)29-23(25)30-22)16-8-9-19(27-13-16)18-7-5-6-11-26-18/h5-9,11-14,32H,3-4,10,15H2,1-2H3,(H3,25,29,30,31)/t24-/m1/s1. The van der Waals surface area contributed by atoms with E-state index < -0.39 is 5.54 Å². The van der Waals surface area contributed by atoms with Gasteiger partial charge in [0.05, 0.1) is 40.1 Å².